The van der Waals surface area contributed by atoms with Crippen LogP contribution in [0.3, 0.4) is 0 Å². The van der Waals surface area contributed by atoms with Gasteiger partial charge in [-0.15, -0.1) is 0 Å². The summed E-state index contributed by atoms with van der Waals surface area (Å²) < 4.78 is 5.33. The summed E-state index contributed by atoms with van der Waals surface area (Å²) in [5, 5.41) is 3.00. The van der Waals surface area contributed by atoms with Crippen LogP contribution in [0, 0.1) is 17.3 Å². The Morgan fingerprint density at radius 2 is 2.05 bits per heavy atom. The van der Waals surface area contributed by atoms with E-state index in [0.29, 0.717) is 12.2 Å². The Balaban J connectivity index is 2.08. The second kappa shape index (κ2) is 4.50. The summed E-state index contributed by atoms with van der Waals surface area (Å²) in [5.74, 6) is 0.678. The quantitative estimate of drug-likeness (QED) is 0.794. The van der Waals surface area contributed by atoms with Crippen molar-refractivity contribution in [3.05, 3.63) is 0 Å². The maximum atomic E-state index is 12.0. The molecule has 1 amide bonds. The van der Waals surface area contributed by atoms with Gasteiger partial charge < -0.3 is 10.1 Å². The van der Waals surface area contributed by atoms with Crippen molar-refractivity contribution in [1.82, 2.24) is 5.32 Å². The van der Waals surface area contributed by atoms with Crippen LogP contribution >= 0.6 is 0 Å². The van der Waals surface area contributed by atoms with Crippen LogP contribution < -0.4 is 5.32 Å². The Labute approximate surface area is 115 Å². The van der Waals surface area contributed by atoms with Crippen LogP contribution in [0.15, 0.2) is 0 Å². The number of ketones is 1. The molecule has 0 aliphatic heterocycles. The monoisotopic (exact) mass is 267 g/mol. The maximum Gasteiger partial charge on any atom is 0.407 e. The molecule has 0 aromatic carbocycles. The molecule has 1 N–H and O–H groups in total. The third-order valence-electron chi connectivity index (χ3n) is 4.60. The second-order valence-corrected chi connectivity index (χ2v) is 7.43. The Morgan fingerprint density at radius 1 is 1.42 bits per heavy atom. The van der Waals surface area contributed by atoms with Crippen LogP contribution in [0.5, 0.6) is 0 Å². The fourth-order valence-corrected chi connectivity index (χ4v) is 3.69. The number of ether oxygens (including phenoxy) is 1. The normalized spacial score (nSPS) is 38.2. The standard InChI is InChI=1S/C15H25NO3/c1-9-10-6-7-15(5,8-11(10)17)12(9)16-13(18)19-14(2,3)4/h9-10,12H,6-8H2,1-5H3,(H,16,18)/t9-,10+,12+,15-/m0/s1. The minimum atomic E-state index is -0.488. The molecule has 0 spiro atoms. The summed E-state index contributed by atoms with van der Waals surface area (Å²) in [5.41, 5.74) is -0.597. The molecule has 0 heterocycles. The number of amides is 1. The summed E-state index contributed by atoms with van der Waals surface area (Å²) in [4.78, 5) is 23.9. The van der Waals surface area contributed by atoms with Crippen LogP contribution in [0.25, 0.3) is 0 Å². The molecule has 3 aliphatic rings. The van der Waals surface area contributed by atoms with Crippen molar-refractivity contribution in [2.75, 3.05) is 0 Å². The number of alkyl carbamates (subject to hydrolysis) is 1. The van der Waals surface area contributed by atoms with E-state index in [2.05, 4.69) is 19.2 Å². The SMILES string of the molecule is C[C@@H]1[C@@H](NC(=O)OC(C)(C)C)[C@@]2(C)CC[C@H]1C(=O)C2. The Kier molecular flexibility index (Phi) is 3.40. The summed E-state index contributed by atoms with van der Waals surface area (Å²) >= 11 is 0. The van der Waals surface area contributed by atoms with Gasteiger partial charge >= 0.3 is 6.09 Å². The molecule has 3 saturated carbocycles. The molecule has 4 atom stereocenters. The Morgan fingerprint density at radius 3 is 2.53 bits per heavy atom. The average molecular weight is 267 g/mol. The van der Waals surface area contributed by atoms with Crippen molar-refractivity contribution in [3.63, 3.8) is 0 Å². The Bertz CT molecular complexity index is 399. The zero-order chi connectivity index (χ0) is 14.4. The molecule has 0 saturated heterocycles. The molecule has 2 bridgehead atoms. The molecule has 19 heavy (non-hydrogen) atoms. The number of carbonyl (C=O) groups excluding carboxylic acids is 2. The molecule has 4 heteroatoms. The van der Waals surface area contributed by atoms with Crippen molar-refractivity contribution in [2.45, 2.75) is 65.5 Å². The van der Waals surface area contributed by atoms with Crippen LogP contribution in [-0.2, 0) is 9.53 Å². The zero-order valence-corrected chi connectivity index (χ0v) is 12.6. The van der Waals surface area contributed by atoms with Gasteiger partial charge in [0.15, 0.2) is 0 Å². The lowest BCUT2D eigenvalue weighted by molar-refractivity contribution is -0.139. The zero-order valence-electron chi connectivity index (χ0n) is 12.6. The molecule has 0 aromatic heterocycles. The van der Waals surface area contributed by atoms with Gasteiger partial charge in [0.2, 0.25) is 0 Å². The van der Waals surface area contributed by atoms with Gasteiger partial charge in [-0.2, -0.15) is 0 Å². The van der Waals surface area contributed by atoms with E-state index in [1.54, 1.807) is 0 Å². The number of hydrogen-bond acceptors (Lipinski definition) is 3. The van der Waals surface area contributed by atoms with Crippen molar-refractivity contribution < 1.29 is 14.3 Å². The van der Waals surface area contributed by atoms with Gasteiger partial charge in [-0.3, -0.25) is 4.79 Å². The van der Waals surface area contributed by atoms with Gasteiger partial charge in [0, 0.05) is 18.4 Å². The molecular formula is C15H25NO3. The summed E-state index contributed by atoms with van der Waals surface area (Å²) in [6, 6.07) is 0.0406. The lowest BCUT2D eigenvalue weighted by Gasteiger charge is -2.53. The highest BCUT2D eigenvalue weighted by Gasteiger charge is 2.53. The molecule has 3 rings (SSSR count). The van der Waals surface area contributed by atoms with E-state index in [4.69, 9.17) is 4.74 Å². The van der Waals surface area contributed by atoms with Gasteiger partial charge in [0.25, 0.3) is 0 Å². The van der Waals surface area contributed by atoms with Gasteiger partial charge in [-0.05, 0) is 44.9 Å². The van der Waals surface area contributed by atoms with E-state index in [-0.39, 0.29) is 29.4 Å². The molecule has 108 valence electrons. The number of Topliss-reactive ketones (excluding diaryl/α,β-unsaturated/α-hetero) is 1. The molecule has 0 aromatic rings. The number of fused-ring (bicyclic) bond motifs is 3. The first kappa shape index (κ1) is 14.4. The van der Waals surface area contributed by atoms with Gasteiger partial charge in [0.1, 0.15) is 11.4 Å². The molecule has 3 aliphatic carbocycles. The summed E-state index contributed by atoms with van der Waals surface area (Å²) in [6.45, 7) is 9.75. The van der Waals surface area contributed by atoms with E-state index >= 15 is 0 Å². The van der Waals surface area contributed by atoms with E-state index in [1.807, 2.05) is 20.8 Å². The van der Waals surface area contributed by atoms with E-state index in [0.717, 1.165) is 12.8 Å². The number of nitrogens with one attached hydrogen (secondary N) is 1. The fraction of sp³-hybridized carbons (Fsp3) is 0.867. The van der Waals surface area contributed by atoms with Gasteiger partial charge in [-0.1, -0.05) is 13.8 Å². The molecule has 3 fully saturated rings. The van der Waals surface area contributed by atoms with Crippen molar-refractivity contribution in [2.24, 2.45) is 17.3 Å². The molecule has 0 radical (unpaired) electrons. The number of carbonyl (C=O) groups is 2. The van der Waals surface area contributed by atoms with Crippen LogP contribution in [0.1, 0.15) is 53.9 Å². The van der Waals surface area contributed by atoms with Crippen LogP contribution in [0.4, 0.5) is 4.79 Å². The third kappa shape index (κ3) is 2.77. The summed E-state index contributed by atoms with van der Waals surface area (Å²) in [6.07, 6.45) is 2.19. The van der Waals surface area contributed by atoms with E-state index < -0.39 is 5.60 Å². The van der Waals surface area contributed by atoms with E-state index in [1.165, 1.54) is 0 Å². The van der Waals surface area contributed by atoms with Gasteiger partial charge in [0.05, 0.1) is 0 Å². The van der Waals surface area contributed by atoms with Crippen LogP contribution in [-0.4, -0.2) is 23.5 Å². The van der Waals surface area contributed by atoms with E-state index in [9.17, 15) is 9.59 Å². The minimum Gasteiger partial charge on any atom is -0.444 e. The van der Waals surface area contributed by atoms with Crippen molar-refractivity contribution >= 4 is 11.9 Å². The second-order valence-electron chi connectivity index (χ2n) is 7.43. The maximum absolute atomic E-state index is 12.0. The average Bonchev–Trinajstić information content (AvgIpc) is 2.20. The Hall–Kier alpha value is -1.06. The highest BCUT2D eigenvalue weighted by atomic mass is 16.6. The predicted octanol–water partition coefficient (Wildman–Crippen LogP) is 2.90. The van der Waals surface area contributed by atoms with Crippen molar-refractivity contribution in [3.8, 4) is 0 Å². The topological polar surface area (TPSA) is 55.4 Å². The predicted molar refractivity (Wildman–Crippen MR) is 72.8 cm³/mol. The number of rotatable bonds is 1. The largest absolute Gasteiger partial charge is 0.444 e. The fourth-order valence-electron chi connectivity index (χ4n) is 3.69. The lowest BCUT2D eigenvalue weighted by Crippen LogP contribution is -2.61. The third-order valence-corrected chi connectivity index (χ3v) is 4.60. The van der Waals surface area contributed by atoms with Crippen molar-refractivity contribution in [1.29, 1.82) is 0 Å². The molecule has 4 nitrogen and oxygen atoms in total. The first-order valence-electron chi connectivity index (χ1n) is 7.15. The minimum absolute atomic E-state index is 0.0406. The highest BCUT2D eigenvalue weighted by molar-refractivity contribution is 5.84. The number of hydrogen-bond donors (Lipinski definition) is 1. The van der Waals surface area contributed by atoms with Crippen LogP contribution in [0.2, 0.25) is 0 Å². The van der Waals surface area contributed by atoms with Gasteiger partial charge in [-0.25, -0.2) is 4.79 Å². The smallest absolute Gasteiger partial charge is 0.407 e. The molecular weight excluding hydrogens is 242 g/mol. The lowest BCUT2D eigenvalue weighted by atomic mass is 9.54. The molecule has 0 unspecified atom stereocenters. The summed E-state index contributed by atoms with van der Waals surface area (Å²) in [7, 11) is 0. The first-order chi connectivity index (χ1) is 8.62. The highest BCUT2D eigenvalue weighted by Crippen LogP contribution is 2.51. The first-order valence-corrected chi connectivity index (χ1v) is 7.15.